The van der Waals surface area contributed by atoms with Gasteiger partial charge in [0, 0.05) is 55.3 Å². The normalized spacial score (nSPS) is 10.6. The SMILES string of the molecule is CCc1nccn1CCNC(=O)c1cccc(-c2cnc(OC)cc2C)c1. The van der Waals surface area contributed by atoms with Crippen molar-refractivity contribution in [2.45, 2.75) is 26.8 Å². The van der Waals surface area contributed by atoms with E-state index in [4.69, 9.17) is 4.74 Å². The molecule has 0 aliphatic rings. The summed E-state index contributed by atoms with van der Waals surface area (Å²) >= 11 is 0. The quantitative estimate of drug-likeness (QED) is 0.699. The molecule has 0 aliphatic heterocycles. The molecule has 3 aromatic rings. The Hall–Kier alpha value is -3.15. The van der Waals surface area contributed by atoms with Crippen LogP contribution in [0.2, 0.25) is 0 Å². The minimum atomic E-state index is -0.0888. The second-order valence-electron chi connectivity index (χ2n) is 6.27. The Kier molecular flexibility index (Phi) is 5.86. The van der Waals surface area contributed by atoms with E-state index in [9.17, 15) is 4.79 Å². The first-order valence-electron chi connectivity index (χ1n) is 9.01. The first-order chi connectivity index (χ1) is 13.1. The van der Waals surface area contributed by atoms with Gasteiger partial charge in [0.1, 0.15) is 5.82 Å². The number of carbonyl (C=O) groups excluding carboxylic acids is 1. The Morgan fingerprint density at radius 3 is 2.85 bits per heavy atom. The number of aromatic nitrogens is 3. The van der Waals surface area contributed by atoms with Crippen molar-refractivity contribution in [3.63, 3.8) is 0 Å². The molecule has 0 radical (unpaired) electrons. The van der Waals surface area contributed by atoms with E-state index in [2.05, 4.69) is 26.8 Å². The predicted octanol–water partition coefficient (Wildman–Crippen LogP) is 3.25. The predicted molar refractivity (Wildman–Crippen MR) is 105 cm³/mol. The number of aryl methyl sites for hydroxylation is 2. The number of carbonyl (C=O) groups is 1. The molecule has 2 aromatic heterocycles. The molecule has 0 spiro atoms. The lowest BCUT2D eigenvalue weighted by Crippen LogP contribution is -2.27. The standard InChI is InChI=1S/C21H24N4O2/c1-4-19-22-8-10-25(19)11-9-23-21(26)17-7-5-6-16(13-17)18-14-24-20(27-3)12-15(18)2/h5-8,10,12-14H,4,9,11H2,1-3H3,(H,23,26). The van der Waals surface area contributed by atoms with E-state index in [1.54, 1.807) is 19.5 Å². The number of hydrogen-bond donors (Lipinski definition) is 1. The fraction of sp³-hybridized carbons (Fsp3) is 0.286. The lowest BCUT2D eigenvalue weighted by molar-refractivity contribution is 0.0952. The minimum Gasteiger partial charge on any atom is -0.481 e. The number of ether oxygens (including phenoxy) is 1. The average molecular weight is 364 g/mol. The van der Waals surface area contributed by atoms with Gasteiger partial charge < -0.3 is 14.6 Å². The molecule has 6 heteroatoms. The van der Waals surface area contributed by atoms with Gasteiger partial charge in [-0.1, -0.05) is 19.1 Å². The van der Waals surface area contributed by atoms with Gasteiger partial charge in [-0.25, -0.2) is 9.97 Å². The molecule has 0 aliphatic carbocycles. The van der Waals surface area contributed by atoms with Crippen LogP contribution in [0.25, 0.3) is 11.1 Å². The zero-order chi connectivity index (χ0) is 19.2. The summed E-state index contributed by atoms with van der Waals surface area (Å²) < 4.78 is 7.22. The summed E-state index contributed by atoms with van der Waals surface area (Å²) in [7, 11) is 1.60. The second kappa shape index (κ2) is 8.49. The topological polar surface area (TPSA) is 69.0 Å². The van der Waals surface area contributed by atoms with Crippen LogP contribution in [-0.2, 0) is 13.0 Å². The Labute approximate surface area is 159 Å². The maximum absolute atomic E-state index is 12.5. The first kappa shape index (κ1) is 18.6. The van der Waals surface area contributed by atoms with E-state index < -0.39 is 0 Å². The highest BCUT2D eigenvalue weighted by molar-refractivity contribution is 5.95. The van der Waals surface area contributed by atoms with Crippen molar-refractivity contribution < 1.29 is 9.53 Å². The summed E-state index contributed by atoms with van der Waals surface area (Å²) in [4.78, 5) is 21.1. The number of nitrogens with one attached hydrogen (secondary N) is 1. The molecule has 1 aromatic carbocycles. The average Bonchev–Trinajstić information content (AvgIpc) is 3.15. The molecule has 0 atom stereocenters. The summed E-state index contributed by atoms with van der Waals surface area (Å²) in [5, 5.41) is 2.98. The zero-order valence-electron chi connectivity index (χ0n) is 15.9. The van der Waals surface area contributed by atoms with Gasteiger partial charge in [-0.3, -0.25) is 4.79 Å². The molecule has 0 unspecified atom stereocenters. The monoisotopic (exact) mass is 364 g/mol. The maximum atomic E-state index is 12.5. The Balaban J connectivity index is 1.68. The summed E-state index contributed by atoms with van der Waals surface area (Å²) in [6.07, 6.45) is 6.37. The van der Waals surface area contributed by atoms with Crippen LogP contribution in [0.15, 0.2) is 48.9 Å². The molecular formula is C21H24N4O2. The molecule has 6 nitrogen and oxygen atoms in total. The zero-order valence-corrected chi connectivity index (χ0v) is 15.9. The van der Waals surface area contributed by atoms with Gasteiger partial charge in [0.25, 0.3) is 5.91 Å². The molecule has 0 bridgehead atoms. The van der Waals surface area contributed by atoms with Crippen LogP contribution in [0, 0.1) is 6.92 Å². The van der Waals surface area contributed by atoms with Crippen molar-refractivity contribution in [1.29, 1.82) is 0 Å². The number of nitrogens with zero attached hydrogens (tertiary/aromatic N) is 3. The van der Waals surface area contributed by atoms with Gasteiger partial charge in [-0.15, -0.1) is 0 Å². The maximum Gasteiger partial charge on any atom is 0.251 e. The van der Waals surface area contributed by atoms with Crippen molar-refractivity contribution in [1.82, 2.24) is 19.9 Å². The van der Waals surface area contributed by atoms with Gasteiger partial charge >= 0.3 is 0 Å². The molecule has 140 valence electrons. The van der Waals surface area contributed by atoms with E-state index in [0.717, 1.165) is 28.9 Å². The van der Waals surface area contributed by atoms with Gasteiger partial charge in [0.05, 0.1) is 7.11 Å². The van der Waals surface area contributed by atoms with E-state index >= 15 is 0 Å². The summed E-state index contributed by atoms with van der Waals surface area (Å²) in [5.41, 5.74) is 3.62. The van der Waals surface area contributed by atoms with E-state index in [1.165, 1.54) is 0 Å². The number of rotatable bonds is 7. The molecule has 1 N–H and O–H groups in total. The van der Waals surface area contributed by atoms with Crippen LogP contribution in [0.3, 0.4) is 0 Å². The second-order valence-corrected chi connectivity index (χ2v) is 6.27. The smallest absolute Gasteiger partial charge is 0.251 e. The third-order valence-electron chi connectivity index (χ3n) is 4.49. The number of amides is 1. The lowest BCUT2D eigenvalue weighted by Gasteiger charge is -2.11. The minimum absolute atomic E-state index is 0.0888. The van der Waals surface area contributed by atoms with Crippen LogP contribution < -0.4 is 10.1 Å². The highest BCUT2D eigenvalue weighted by Crippen LogP contribution is 2.25. The van der Waals surface area contributed by atoms with Crippen LogP contribution in [0.4, 0.5) is 0 Å². The van der Waals surface area contributed by atoms with Crippen molar-refractivity contribution in [2.75, 3.05) is 13.7 Å². The lowest BCUT2D eigenvalue weighted by atomic mass is 10.0. The molecule has 3 rings (SSSR count). The third-order valence-corrected chi connectivity index (χ3v) is 4.49. The van der Waals surface area contributed by atoms with Gasteiger partial charge in [-0.2, -0.15) is 0 Å². The molecule has 1 amide bonds. The Morgan fingerprint density at radius 2 is 2.11 bits per heavy atom. The molecule has 0 saturated heterocycles. The largest absolute Gasteiger partial charge is 0.481 e. The molecule has 2 heterocycles. The number of hydrogen-bond acceptors (Lipinski definition) is 4. The number of benzene rings is 1. The van der Waals surface area contributed by atoms with Crippen molar-refractivity contribution in [3.8, 4) is 17.0 Å². The third kappa shape index (κ3) is 4.34. The first-order valence-corrected chi connectivity index (χ1v) is 9.01. The highest BCUT2D eigenvalue weighted by Gasteiger charge is 2.10. The molecule has 0 saturated carbocycles. The van der Waals surface area contributed by atoms with Gasteiger partial charge in [-0.05, 0) is 30.2 Å². The van der Waals surface area contributed by atoms with Crippen LogP contribution in [0.1, 0.15) is 28.7 Å². The number of imidazole rings is 1. The summed E-state index contributed by atoms with van der Waals surface area (Å²) in [6, 6.07) is 9.46. The Bertz CT molecular complexity index is 933. The van der Waals surface area contributed by atoms with Crippen LogP contribution in [-0.4, -0.2) is 34.1 Å². The van der Waals surface area contributed by atoms with Crippen molar-refractivity contribution in [2.24, 2.45) is 0 Å². The van der Waals surface area contributed by atoms with Crippen molar-refractivity contribution in [3.05, 3.63) is 65.9 Å². The molecule has 27 heavy (non-hydrogen) atoms. The van der Waals surface area contributed by atoms with E-state index in [-0.39, 0.29) is 5.91 Å². The number of pyridine rings is 1. The summed E-state index contributed by atoms with van der Waals surface area (Å²) in [6.45, 7) is 5.33. The van der Waals surface area contributed by atoms with E-state index in [0.29, 0.717) is 24.5 Å². The fourth-order valence-corrected chi connectivity index (χ4v) is 3.02. The van der Waals surface area contributed by atoms with Gasteiger partial charge in [0.2, 0.25) is 5.88 Å². The van der Waals surface area contributed by atoms with E-state index in [1.807, 2.05) is 43.5 Å². The summed E-state index contributed by atoms with van der Waals surface area (Å²) in [5.74, 6) is 1.51. The number of methoxy groups -OCH3 is 1. The van der Waals surface area contributed by atoms with Crippen LogP contribution in [0.5, 0.6) is 5.88 Å². The highest BCUT2D eigenvalue weighted by atomic mass is 16.5. The molecule has 0 fully saturated rings. The van der Waals surface area contributed by atoms with Crippen molar-refractivity contribution >= 4 is 5.91 Å². The molecular weight excluding hydrogens is 340 g/mol. The Morgan fingerprint density at radius 1 is 1.26 bits per heavy atom. The van der Waals surface area contributed by atoms with Crippen LogP contribution >= 0.6 is 0 Å². The fourth-order valence-electron chi connectivity index (χ4n) is 3.02. The van der Waals surface area contributed by atoms with Gasteiger partial charge in [0.15, 0.2) is 0 Å².